The number of hydrogen-bond donors (Lipinski definition) is 1. The van der Waals surface area contributed by atoms with Gasteiger partial charge in [0.25, 0.3) is 0 Å². The summed E-state index contributed by atoms with van der Waals surface area (Å²) in [5.74, 6) is 0.843. The quantitative estimate of drug-likeness (QED) is 0.875. The van der Waals surface area contributed by atoms with Gasteiger partial charge in [0.1, 0.15) is 0 Å². The molecule has 4 nitrogen and oxygen atoms in total. The standard InChI is InChI=1S/C17H32N4/c1-6-20(12-16-8-10-18-11-9-16)14(4)17-13(3)19-21(7-2)15(17)5/h14,16,18H,6-12H2,1-5H3. The fourth-order valence-corrected chi connectivity index (χ4v) is 3.76. The van der Waals surface area contributed by atoms with Crippen LogP contribution in [-0.2, 0) is 6.54 Å². The molecule has 120 valence electrons. The van der Waals surface area contributed by atoms with E-state index in [0.717, 1.165) is 19.0 Å². The molecule has 1 atom stereocenters. The predicted molar refractivity (Wildman–Crippen MR) is 88.6 cm³/mol. The van der Waals surface area contributed by atoms with E-state index in [1.54, 1.807) is 0 Å². The molecule has 2 rings (SSSR count). The lowest BCUT2D eigenvalue weighted by atomic mass is 9.95. The Hall–Kier alpha value is -0.870. The van der Waals surface area contributed by atoms with Crippen LogP contribution < -0.4 is 5.32 Å². The van der Waals surface area contributed by atoms with E-state index < -0.39 is 0 Å². The second-order valence-corrected chi connectivity index (χ2v) is 6.36. The van der Waals surface area contributed by atoms with Crippen molar-refractivity contribution < 1.29 is 0 Å². The average molecular weight is 292 g/mol. The van der Waals surface area contributed by atoms with Gasteiger partial charge < -0.3 is 5.32 Å². The Kier molecular flexibility index (Phi) is 5.82. The lowest BCUT2D eigenvalue weighted by Crippen LogP contribution is -2.37. The van der Waals surface area contributed by atoms with Crippen molar-refractivity contribution >= 4 is 0 Å². The van der Waals surface area contributed by atoms with E-state index in [2.05, 4.69) is 49.5 Å². The Morgan fingerprint density at radius 3 is 2.48 bits per heavy atom. The summed E-state index contributed by atoms with van der Waals surface area (Å²) in [7, 11) is 0. The first kappa shape index (κ1) is 16.5. The highest BCUT2D eigenvalue weighted by molar-refractivity contribution is 5.28. The summed E-state index contributed by atoms with van der Waals surface area (Å²) in [6, 6.07) is 0.463. The second kappa shape index (κ2) is 7.41. The molecule has 4 heteroatoms. The summed E-state index contributed by atoms with van der Waals surface area (Å²) in [4.78, 5) is 2.63. The zero-order valence-corrected chi connectivity index (χ0v) is 14.4. The van der Waals surface area contributed by atoms with Crippen molar-refractivity contribution in [1.82, 2.24) is 20.0 Å². The Bertz CT molecular complexity index is 446. The summed E-state index contributed by atoms with van der Waals surface area (Å²) >= 11 is 0. The molecule has 1 unspecified atom stereocenters. The number of piperidine rings is 1. The number of nitrogens with one attached hydrogen (secondary N) is 1. The number of hydrogen-bond acceptors (Lipinski definition) is 3. The number of aromatic nitrogens is 2. The molecular weight excluding hydrogens is 260 g/mol. The molecule has 1 aliphatic heterocycles. The fourth-order valence-electron chi connectivity index (χ4n) is 3.76. The van der Waals surface area contributed by atoms with Gasteiger partial charge in [0, 0.05) is 30.4 Å². The molecule has 1 aliphatic rings. The van der Waals surface area contributed by atoms with E-state index in [1.165, 1.54) is 49.4 Å². The predicted octanol–water partition coefficient (Wildman–Crippen LogP) is 2.90. The minimum atomic E-state index is 0.463. The van der Waals surface area contributed by atoms with Gasteiger partial charge in [0.15, 0.2) is 0 Å². The van der Waals surface area contributed by atoms with Gasteiger partial charge in [0.2, 0.25) is 0 Å². The third-order valence-corrected chi connectivity index (χ3v) is 5.06. The molecule has 21 heavy (non-hydrogen) atoms. The molecular formula is C17H32N4. The van der Waals surface area contributed by atoms with Crippen LogP contribution in [0.15, 0.2) is 0 Å². The lowest BCUT2D eigenvalue weighted by Gasteiger charge is -2.33. The van der Waals surface area contributed by atoms with Gasteiger partial charge in [-0.2, -0.15) is 5.10 Å². The maximum absolute atomic E-state index is 4.69. The third-order valence-electron chi connectivity index (χ3n) is 5.06. The van der Waals surface area contributed by atoms with Crippen molar-refractivity contribution in [2.75, 3.05) is 26.2 Å². The minimum Gasteiger partial charge on any atom is -0.317 e. The van der Waals surface area contributed by atoms with Crippen LogP contribution in [0.2, 0.25) is 0 Å². The molecule has 1 aromatic heterocycles. The monoisotopic (exact) mass is 292 g/mol. The highest BCUT2D eigenvalue weighted by Gasteiger charge is 2.24. The molecule has 0 amide bonds. The summed E-state index contributed by atoms with van der Waals surface area (Å²) in [6.45, 7) is 16.8. The van der Waals surface area contributed by atoms with Crippen LogP contribution >= 0.6 is 0 Å². The van der Waals surface area contributed by atoms with Gasteiger partial charge in [-0.25, -0.2) is 0 Å². The van der Waals surface area contributed by atoms with Crippen LogP contribution in [0.3, 0.4) is 0 Å². The first-order valence-electron chi connectivity index (χ1n) is 8.57. The largest absolute Gasteiger partial charge is 0.317 e. The van der Waals surface area contributed by atoms with Crippen molar-refractivity contribution in [1.29, 1.82) is 0 Å². The highest BCUT2D eigenvalue weighted by atomic mass is 15.3. The molecule has 1 aromatic rings. The maximum atomic E-state index is 4.69. The molecule has 0 aromatic carbocycles. The van der Waals surface area contributed by atoms with Crippen LogP contribution in [0.25, 0.3) is 0 Å². The topological polar surface area (TPSA) is 33.1 Å². The zero-order valence-electron chi connectivity index (χ0n) is 14.4. The van der Waals surface area contributed by atoms with Gasteiger partial charge in [-0.3, -0.25) is 9.58 Å². The van der Waals surface area contributed by atoms with Crippen LogP contribution in [-0.4, -0.2) is 40.9 Å². The van der Waals surface area contributed by atoms with Crippen LogP contribution in [0, 0.1) is 19.8 Å². The normalized spacial score (nSPS) is 18.4. The Balaban J connectivity index is 2.11. The number of nitrogens with zero attached hydrogens (tertiary/aromatic N) is 3. The smallest absolute Gasteiger partial charge is 0.0644 e. The van der Waals surface area contributed by atoms with E-state index >= 15 is 0 Å². The fraction of sp³-hybridized carbons (Fsp3) is 0.824. The first-order chi connectivity index (χ1) is 10.1. The molecule has 0 spiro atoms. The van der Waals surface area contributed by atoms with E-state index in [9.17, 15) is 0 Å². The molecule has 2 heterocycles. The Labute approximate surface area is 129 Å². The summed E-state index contributed by atoms with van der Waals surface area (Å²) < 4.78 is 2.14. The number of rotatable bonds is 6. The summed E-state index contributed by atoms with van der Waals surface area (Å²) in [6.07, 6.45) is 2.63. The third kappa shape index (κ3) is 3.67. The minimum absolute atomic E-state index is 0.463. The molecule has 1 fully saturated rings. The van der Waals surface area contributed by atoms with Crippen LogP contribution in [0.1, 0.15) is 56.6 Å². The van der Waals surface area contributed by atoms with Crippen molar-refractivity contribution in [3.63, 3.8) is 0 Å². The van der Waals surface area contributed by atoms with Crippen molar-refractivity contribution in [2.24, 2.45) is 5.92 Å². The van der Waals surface area contributed by atoms with Gasteiger partial charge in [0.05, 0.1) is 5.69 Å². The first-order valence-corrected chi connectivity index (χ1v) is 8.57. The molecule has 0 saturated carbocycles. The van der Waals surface area contributed by atoms with Crippen LogP contribution in [0.4, 0.5) is 0 Å². The van der Waals surface area contributed by atoms with E-state index in [1.807, 2.05) is 0 Å². The Morgan fingerprint density at radius 1 is 1.29 bits per heavy atom. The van der Waals surface area contributed by atoms with Crippen molar-refractivity contribution in [3.8, 4) is 0 Å². The lowest BCUT2D eigenvalue weighted by molar-refractivity contribution is 0.168. The van der Waals surface area contributed by atoms with Crippen molar-refractivity contribution in [2.45, 2.75) is 60.0 Å². The SMILES string of the molecule is CCN(CC1CCNCC1)C(C)c1c(C)nn(CC)c1C. The second-order valence-electron chi connectivity index (χ2n) is 6.36. The highest BCUT2D eigenvalue weighted by Crippen LogP contribution is 2.28. The summed E-state index contributed by atoms with van der Waals surface area (Å²) in [5.41, 5.74) is 3.98. The summed E-state index contributed by atoms with van der Waals surface area (Å²) in [5, 5.41) is 8.16. The maximum Gasteiger partial charge on any atom is 0.0644 e. The average Bonchev–Trinajstić information content (AvgIpc) is 2.79. The van der Waals surface area contributed by atoms with Gasteiger partial charge in [-0.1, -0.05) is 6.92 Å². The van der Waals surface area contributed by atoms with Gasteiger partial charge in [-0.15, -0.1) is 0 Å². The van der Waals surface area contributed by atoms with E-state index in [-0.39, 0.29) is 0 Å². The van der Waals surface area contributed by atoms with Crippen LogP contribution in [0.5, 0.6) is 0 Å². The molecule has 0 radical (unpaired) electrons. The van der Waals surface area contributed by atoms with Gasteiger partial charge in [-0.05, 0) is 66.1 Å². The van der Waals surface area contributed by atoms with E-state index in [0.29, 0.717) is 6.04 Å². The zero-order chi connectivity index (χ0) is 15.4. The Morgan fingerprint density at radius 2 is 1.95 bits per heavy atom. The molecule has 0 bridgehead atoms. The van der Waals surface area contributed by atoms with Gasteiger partial charge >= 0.3 is 0 Å². The van der Waals surface area contributed by atoms with Crippen molar-refractivity contribution in [3.05, 3.63) is 17.0 Å². The number of aryl methyl sites for hydroxylation is 2. The molecule has 1 saturated heterocycles. The molecule has 1 N–H and O–H groups in total. The molecule has 0 aliphatic carbocycles. The van der Waals surface area contributed by atoms with E-state index in [4.69, 9.17) is 5.10 Å².